The van der Waals surface area contributed by atoms with E-state index in [1.807, 2.05) is 4.90 Å². The van der Waals surface area contributed by atoms with Gasteiger partial charge in [-0.1, -0.05) is 6.92 Å². The van der Waals surface area contributed by atoms with Gasteiger partial charge >= 0.3 is 0 Å². The van der Waals surface area contributed by atoms with Crippen LogP contribution in [-0.4, -0.2) is 35.1 Å². The molecule has 0 bridgehead atoms. The van der Waals surface area contributed by atoms with Gasteiger partial charge in [-0.25, -0.2) is 0 Å². The molecule has 1 fully saturated rings. The molecule has 2 unspecified atom stereocenters. The first-order chi connectivity index (χ1) is 6.65. The molecule has 0 radical (unpaired) electrons. The molecule has 1 amide bonds. The fraction of sp³-hybridized carbons (Fsp3) is 0.909. The summed E-state index contributed by atoms with van der Waals surface area (Å²) in [6.07, 6.45) is 3.28. The van der Waals surface area contributed by atoms with E-state index in [1.54, 1.807) is 0 Å². The number of aliphatic hydroxyl groups excluding tert-OH is 1. The summed E-state index contributed by atoms with van der Waals surface area (Å²) >= 11 is 0. The maximum absolute atomic E-state index is 11.7. The number of hydrogen-bond acceptors (Lipinski definition) is 2. The standard InChI is InChI=1S/C11H21NO2/c1-9-7-10(2)12(8-9)11(14)5-3-4-6-13/h9-10,13H,3-8H2,1-2H3. The van der Waals surface area contributed by atoms with E-state index in [4.69, 9.17) is 5.11 Å². The third-order valence-electron chi connectivity index (χ3n) is 2.90. The van der Waals surface area contributed by atoms with E-state index in [1.165, 1.54) is 0 Å². The zero-order chi connectivity index (χ0) is 10.6. The van der Waals surface area contributed by atoms with Gasteiger partial charge in [0, 0.05) is 25.6 Å². The lowest BCUT2D eigenvalue weighted by Gasteiger charge is -2.21. The lowest BCUT2D eigenvalue weighted by Crippen LogP contribution is -2.33. The molecule has 3 nitrogen and oxygen atoms in total. The minimum atomic E-state index is 0.194. The second kappa shape index (κ2) is 5.35. The van der Waals surface area contributed by atoms with Gasteiger partial charge in [0.15, 0.2) is 0 Å². The average molecular weight is 199 g/mol. The lowest BCUT2D eigenvalue weighted by atomic mass is 10.1. The first-order valence-electron chi connectivity index (χ1n) is 5.55. The molecule has 2 atom stereocenters. The van der Waals surface area contributed by atoms with Crippen molar-refractivity contribution in [1.82, 2.24) is 4.90 Å². The molecule has 1 aliphatic heterocycles. The van der Waals surface area contributed by atoms with Crippen LogP contribution in [0.15, 0.2) is 0 Å². The maximum Gasteiger partial charge on any atom is 0.222 e. The van der Waals surface area contributed by atoms with Crippen molar-refractivity contribution < 1.29 is 9.90 Å². The summed E-state index contributed by atoms with van der Waals surface area (Å²) in [6.45, 7) is 5.42. The number of unbranched alkanes of at least 4 members (excludes halogenated alkanes) is 1. The van der Waals surface area contributed by atoms with Crippen molar-refractivity contribution in [3.63, 3.8) is 0 Å². The van der Waals surface area contributed by atoms with Crippen LogP contribution >= 0.6 is 0 Å². The highest BCUT2D eigenvalue weighted by atomic mass is 16.3. The summed E-state index contributed by atoms with van der Waals surface area (Å²) in [6, 6.07) is 0.409. The largest absolute Gasteiger partial charge is 0.396 e. The van der Waals surface area contributed by atoms with Gasteiger partial charge in [-0.3, -0.25) is 4.79 Å². The van der Waals surface area contributed by atoms with E-state index in [-0.39, 0.29) is 12.5 Å². The molecular formula is C11H21NO2. The minimum Gasteiger partial charge on any atom is -0.396 e. The highest BCUT2D eigenvalue weighted by Crippen LogP contribution is 2.23. The smallest absolute Gasteiger partial charge is 0.222 e. The molecule has 1 heterocycles. The van der Waals surface area contributed by atoms with E-state index in [0.717, 1.165) is 25.8 Å². The van der Waals surface area contributed by atoms with Crippen molar-refractivity contribution in [3.8, 4) is 0 Å². The highest BCUT2D eigenvalue weighted by Gasteiger charge is 2.29. The van der Waals surface area contributed by atoms with Gasteiger partial charge in [-0.15, -0.1) is 0 Å². The minimum absolute atomic E-state index is 0.194. The Morgan fingerprint density at radius 1 is 1.43 bits per heavy atom. The monoisotopic (exact) mass is 199 g/mol. The van der Waals surface area contributed by atoms with Gasteiger partial charge < -0.3 is 10.0 Å². The van der Waals surface area contributed by atoms with Crippen LogP contribution in [0.1, 0.15) is 39.5 Å². The third kappa shape index (κ3) is 2.98. The first-order valence-corrected chi connectivity index (χ1v) is 5.55. The Balaban J connectivity index is 2.30. The molecule has 1 saturated heterocycles. The fourth-order valence-corrected chi connectivity index (χ4v) is 2.18. The summed E-state index contributed by atoms with van der Waals surface area (Å²) in [7, 11) is 0. The van der Waals surface area contributed by atoms with Crippen molar-refractivity contribution in [2.24, 2.45) is 5.92 Å². The Kier molecular flexibility index (Phi) is 4.39. The average Bonchev–Trinajstić information content (AvgIpc) is 2.45. The van der Waals surface area contributed by atoms with Crippen LogP contribution < -0.4 is 0 Å². The molecule has 14 heavy (non-hydrogen) atoms. The number of rotatable bonds is 4. The molecule has 1 rings (SSSR count). The maximum atomic E-state index is 11.7. The lowest BCUT2D eigenvalue weighted by molar-refractivity contribution is -0.131. The van der Waals surface area contributed by atoms with Gasteiger partial charge in [0.1, 0.15) is 0 Å². The van der Waals surface area contributed by atoms with Crippen LogP contribution in [-0.2, 0) is 4.79 Å². The number of aliphatic hydroxyl groups is 1. The second-order valence-electron chi connectivity index (χ2n) is 4.42. The van der Waals surface area contributed by atoms with Crippen molar-refractivity contribution in [2.45, 2.75) is 45.6 Å². The van der Waals surface area contributed by atoms with E-state index in [2.05, 4.69) is 13.8 Å². The van der Waals surface area contributed by atoms with Crippen LogP contribution in [0, 0.1) is 5.92 Å². The summed E-state index contributed by atoms with van der Waals surface area (Å²) < 4.78 is 0. The number of hydrogen-bond donors (Lipinski definition) is 1. The van der Waals surface area contributed by atoms with Crippen molar-refractivity contribution in [1.29, 1.82) is 0 Å². The van der Waals surface area contributed by atoms with Crippen LogP contribution in [0.25, 0.3) is 0 Å². The first kappa shape index (κ1) is 11.5. The van der Waals surface area contributed by atoms with Gasteiger partial charge in [0.25, 0.3) is 0 Å². The Morgan fingerprint density at radius 3 is 2.64 bits per heavy atom. The summed E-state index contributed by atoms with van der Waals surface area (Å²) in [5.74, 6) is 0.905. The van der Waals surface area contributed by atoms with Gasteiger partial charge in [0.2, 0.25) is 5.91 Å². The van der Waals surface area contributed by atoms with Crippen LogP contribution in [0.5, 0.6) is 0 Å². The third-order valence-corrected chi connectivity index (χ3v) is 2.90. The number of carbonyl (C=O) groups excluding carboxylic acids is 1. The van der Waals surface area contributed by atoms with Crippen molar-refractivity contribution >= 4 is 5.91 Å². The molecule has 3 heteroatoms. The van der Waals surface area contributed by atoms with Gasteiger partial charge in [-0.05, 0) is 32.1 Å². The molecular weight excluding hydrogens is 178 g/mol. The number of nitrogens with zero attached hydrogens (tertiary/aromatic N) is 1. The summed E-state index contributed by atoms with van der Waals surface area (Å²) in [5, 5.41) is 8.61. The Morgan fingerprint density at radius 2 is 2.14 bits per heavy atom. The van der Waals surface area contributed by atoms with E-state index in [0.29, 0.717) is 18.4 Å². The Bertz CT molecular complexity index is 194. The molecule has 0 aromatic carbocycles. The van der Waals surface area contributed by atoms with Crippen LogP contribution in [0.4, 0.5) is 0 Å². The number of carbonyl (C=O) groups is 1. The predicted octanol–water partition coefficient (Wildman–Crippen LogP) is 1.41. The van der Waals surface area contributed by atoms with Crippen LogP contribution in [0.3, 0.4) is 0 Å². The van der Waals surface area contributed by atoms with E-state index < -0.39 is 0 Å². The molecule has 0 saturated carbocycles. The SMILES string of the molecule is CC1CC(C)N(C(=O)CCCCO)C1. The second-order valence-corrected chi connectivity index (χ2v) is 4.42. The van der Waals surface area contributed by atoms with Crippen molar-refractivity contribution in [2.75, 3.05) is 13.2 Å². The highest BCUT2D eigenvalue weighted by molar-refractivity contribution is 5.76. The van der Waals surface area contributed by atoms with E-state index >= 15 is 0 Å². The molecule has 0 aliphatic carbocycles. The van der Waals surface area contributed by atoms with Gasteiger partial charge in [-0.2, -0.15) is 0 Å². The number of amides is 1. The molecule has 0 spiro atoms. The molecule has 1 aliphatic rings. The molecule has 0 aromatic heterocycles. The number of likely N-dealkylation sites (tertiary alicyclic amines) is 1. The van der Waals surface area contributed by atoms with Crippen LogP contribution in [0.2, 0.25) is 0 Å². The molecule has 0 aromatic rings. The normalized spacial score (nSPS) is 26.9. The summed E-state index contributed by atoms with van der Waals surface area (Å²) in [4.78, 5) is 13.7. The Hall–Kier alpha value is -0.570. The zero-order valence-corrected chi connectivity index (χ0v) is 9.20. The topological polar surface area (TPSA) is 40.5 Å². The quantitative estimate of drug-likeness (QED) is 0.695. The molecule has 82 valence electrons. The van der Waals surface area contributed by atoms with E-state index in [9.17, 15) is 4.79 Å². The zero-order valence-electron chi connectivity index (χ0n) is 9.20. The molecule has 1 N–H and O–H groups in total. The fourth-order valence-electron chi connectivity index (χ4n) is 2.18. The summed E-state index contributed by atoms with van der Waals surface area (Å²) in [5.41, 5.74) is 0. The van der Waals surface area contributed by atoms with Crippen molar-refractivity contribution in [3.05, 3.63) is 0 Å². The Labute approximate surface area is 86.1 Å². The van der Waals surface area contributed by atoms with Gasteiger partial charge in [0.05, 0.1) is 0 Å². The predicted molar refractivity (Wildman–Crippen MR) is 55.9 cm³/mol.